The molecule has 0 aromatic rings. The fourth-order valence-electron chi connectivity index (χ4n) is 1.29. The smallest absolute Gasteiger partial charge is 0.407 e. The number of aliphatic hydroxyl groups is 1. The molecule has 1 heterocycles. The Kier molecular flexibility index (Phi) is 2.70. The Hall–Kier alpha value is -0.770. The summed E-state index contributed by atoms with van der Waals surface area (Å²) in [5.74, 6) is 0.484. The molecular formula is C7H13NO3. The zero-order valence-corrected chi connectivity index (χ0v) is 6.36. The highest BCUT2D eigenvalue weighted by Crippen LogP contribution is 2.19. The van der Waals surface area contributed by atoms with Crippen molar-refractivity contribution in [2.24, 2.45) is 5.92 Å². The molecule has 0 aromatic heterocycles. The molecule has 1 amide bonds. The third-order valence-electron chi connectivity index (χ3n) is 2.00. The molecular weight excluding hydrogens is 146 g/mol. The summed E-state index contributed by atoms with van der Waals surface area (Å²) in [7, 11) is 0. The lowest BCUT2D eigenvalue weighted by Gasteiger charge is -2.36. The Labute approximate surface area is 65.4 Å². The maximum atomic E-state index is 10.3. The standard InChI is InChI=1S/C7H13NO3/c9-3-1-2-6-4-8(5-6)7(10)11/h6,9H,1-5H2,(H,10,11). The first kappa shape index (κ1) is 8.33. The van der Waals surface area contributed by atoms with E-state index >= 15 is 0 Å². The zero-order chi connectivity index (χ0) is 8.27. The van der Waals surface area contributed by atoms with Gasteiger partial charge in [-0.1, -0.05) is 0 Å². The summed E-state index contributed by atoms with van der Waals surface area (Å²) in [5.41, 5.74) is 0. The number of nitrogens with zero attached hydrogens (tertiary/aromatic N) is 1. The molecule has 1 saturated heterocycles. The van der Waals surface area contributed by atoms with Crippen LogP contribution >= 0.6 is 0 Å². The Morgan fingerprint density at radius 1 is 1.55 bits per heavy atom. The number of carboxylic acid groups (broad SMARTS) is 1. The van der Waals surface area contributed by atoms with Crippen LogP contribution in [-0.4, -0.2) is 40.9 Å². The van der Waals surface area contributed by atoms with Crippen molar-refractivity contribution >= 4 is 6.09 Å². The Morgan fingerprint density at radius 3 is 2.64 bits per heavy atom. The Bertz CT molecular complexity index is 143. The molecule has 2 N–H and O–H groups in total. The topological polar surface area (TPSA) is 60.8 Å². The van der Waals surface area contributed by atoms with Crippen LogP contribution in [0.25, 0.3) is 0 Å². The minimum Gasteiger partial charge on any atom is -0.465 e. The molecule has 0 atom stereocenters. The van der Waals surface area contributed by atoms with Gasteiger partial charge in [-0.2, -0.15) is 0 Å². The van der Waals surface area contributed by atoms with Crippen molar-refractivity contribution in [2.75, 3.05) is 19.7 Å². The average molecular weight is 159 g/mol. The van der Waals surface area contributed by atoms with Gasteiger partial charge < -0.3 is 15.1 Å². The highest BCUT2D eigenvalue weighted by atomic mass is 16.4. The van der Waals surface area contributed by atoms with Gasteiger partial charge in [0.2, 0.25) is 0 Å². The van der Waals surface area contributed by atoms with E-state index < -0.39 is 6.09 Å². The molecule has 4 nitrogen and oxygen atoms in total. The van der Waals surface area contributed by atoms with E-state index in [2.05, 4.69) is 0 Å². The van der Waals surface area contributed by atoms with Gasteiger partial charge in [0.25, 0.3) is 0 Å². The molecule has 1 aliphatic rings. The van der Waals surface area contributed by atoms with Crippen molar-refractivity contribution in [3.05, 3.63) is 0 Å². The first-order chi connectivity index (χ1) is 5.24. The molecule has 1 aliphatic heterocycles. The summed E-state index contributed by atoms with van der Waals surface area (Å²) in [6.45, 7) is 1.51. The number of carbonyl (C=O) groups is 1. The van der Waals surface area contributed by atoms with E-state index in [9.17, 15) is 4.79 Å². The number of aliphatic hydroxyl groups excluding tert-OH is 1. The number of hydrogen-bond donors (Lipinski definition) is 2. The lowest BCUT2D eigenvalue weighted by molar-refractivity contribution is 0.0752. The third kappa shape index (κ3) is 2.08. The molecule has 0 aromatic carbocycles. The summed E-state index contributed by atoms with van der Waals surface area (Å²) in [5, 5.41) is 16.9. The van der Waals surface area contributed by atoms with Crippen molar-refractivity contribution < 1.29 is 15.0 Å². The summed E-state index contributed by atoms with van der Waals surface area (Å²) in [6.07, 6.45) is 0.906. The van der Waals surface area contributed by atoms with Gasteiger partial charge in [0.05, 0.1) is 0 Å². The molecule has 0 bridgehead atoms. The van der Waals surface area contributed by atoms with E-state index in [4.69, 9.17) is 10.2 Å². The van der Waals surface area contributed by atoms with Gasteiger partial charge in [0.15, 0.2) is 0 Å². The maximum absolute atomic E-state index is 10.3. The van der Waals surface area contributed by atoms with Gasteiger partial charge >= 0.3 is 6.09 Å². The second kappa shape index (κ2) is 3.57. The van der Waals surface area contributed by atoms with Crippen LogP contribution in [0.2, 0.25) is 0 Å². The first-order valence-corrected chi connectivity index (χ1v) is 3.82. The molecule has 4 heteroatoms. The first-order valence-electron chi connectivity index (χ1n) is 3.82. The average Bonchev–Trinajstić information content (AvgIpc) is 1.84. The van der Waals surface area contributed by atoms with Crippen molar-refractivity contribution in [1.82, 2.24) is 4.90 Å². The lowest BCUT2D eigenvalue weighted by atomic mass is 9.95. The number of hydrogen-bond acceptors (Lipinski definition) is 2. The normalized spacial score (nSPS) is 18.1. The fourth-order valence-corrected chi connectivity index (χ4v) is 1.29. The molecule has 0 unspecified atom stereocenters. The fraction of sp³-hybridized carbons (Fsp3) is 0.857. The van der Waals surface area contributed by atoms with E-state index in [0.717, 1.165) is 12.8 Å². The lowest BCUT2D eigenvalue weighted by Crippen LogP contribution is -2.49. The van der Waals surface area contributed by atoms with Crippen LogP contribution in [0.5, 0.6) is 0 Å². The van der Waals surface area contributed by atoms with Crippen LogP contribution in [-0.2, 0) is 0 Å². The predicted octanol–water partition coefficient (Wildman–Crippen LogP) is 0.369. The van der Waals surface area contributed by atoms with Crippen LogP contribution in [0.15, 0.2) is 0 Å². The maximum Gasteiger partial charge on any atom is 0.407 e. The zero-order valence-electron chi connectivity index (χ0n) is 6.36. The highest BCUT2D eigenvalue weighted by molar-refractivity contribution is 5.65. The summed E-state index contributed by atoms with van der Waals surface area (Å²) < 4.78 is 0. The van der Waals surface area contributed by atoms with E-state index in [1.807, 2.05) is 0 Å². The summed E-state index contributed by atoms with van der Waals surface area (Å²) in [4.78, 5) is 11.7. The van der Waals surface area contributed by atoms with Crippen molar-refractivity contribution in [3.63, 3.8) is 0 Å². The van der Waals surface area contributed by atoms with Crippen molar-refractivity contribution in [1.29, 1.82) is 0 Å². The molecule has 1 fully saturated rings. The van der Waals surface area contributed by atoms with Gasteiger partial charge in [-0.05, 0) is 18.8 Å². The van der Waals surface area contributed by atoms with E-state index in [0.29, 0.717) is 19.0 Å². The van der Waals surface area contributed by atoms with Gasteiger partial charge in [0, 0.05) is 19.7 Å². The van der Waals surface area contributed by atoms with Gasteiger partial charge in [-0.15, -0.1) is 0 Å². The van der Waals surface area contributed by atoms with Crippen LogP contribution in [0.1, 0.15) is 12.8 Å². The largest absolute Gasteiger partial charge is 0.465 e. The van der Waals surface area contributed by atoms with Crippen LogP contribution in [0.3, 0.4) is 0 Å². The van der Waals surface area contributed by atoms with Crippen molar-refractivity contribution in [3.8, 4) is 0 Å². The Morgan fingerprint density at radius 2 is 2.18 bits per heavy atom. The Balaban J connectivity index is 2.05. The third-order valence-corrected chi connectivity index (χ3v) is 2.00. The summed E-state index contributed by atoms with van der Waals surface area (Å²) >= 11 is 0. The van der Waals surface area contributed by atoms with Crippen molar-refractivity contribution in [2.45, 2.75) is 12.8 Å². The van der Waals surface area contributed by atoms with Crippen LogP contribution in [0.4, 0.5) is 4.79 Å². The quantitative estimate of drug-likeness (QED) is 0.625. The molecule has 0 radical (unpaired) electrons. The minimum absolute atomic E-state index is 0.212. The SMILES string of the molecule is O=C(O)N1CC(CCCO)C1. The van der Waals surface area contributed by atoms with Gasteiger partial charge in [0.1, 0.15) is 0 Å². The second-order valence-electron chi connectivity index (χ2n) is 2.92. The number of amides is 1. The molecule has 0 spiro atoms. The predicted molar refractivity (Wildman–Crippen MR) is 39.4 cm³/mol. The van der Waals surface area contributed by atoms with Crippen LogP contribution < -0.4 is 0 Å². The second-order valence-corrected chi connectivity index (χ2v) is 2.92. The van der Waals surface area contributed by atoms with E-state index in [-0.39, 0.29) is 6.61 Å². The van der Waals surface area contributed by atoms with E-state index in [1.54, 1.807) is 0 Å². The highest BCUT2D eigenvalue weighted by Gasteiger charge is 2.29. The molecule has 1 rings (SSSR count). The van der Waals surface area contributed by atoms with E-state index in [1.165, 1.54) is 4.90 Å². The minimum atomic E-state index is -0.828. The molecule has 0 saturated carbocycles. The molecule has 64 valence electrons. The van der Waals surface area contributed by atoms with Gasteiger partial charge in [-0.3, -0.25) is 0 Å². The molecule has 11 heavy (non-hydrogen) atoms. The van der Waals surface area contributed by atoms with Crippen LogP contribution in [0, 0.1) is 5.92 Å². The number of rotatable bonds is 3. The number of likely N-dealkylation sites (tertiary alicyclic amines) is 1. The summed E-state index contributed by atoms with van der Waals surface area (Å²) in [6, 6.07) is 0. The van der Waals surface area contributed by atoms with Gasteiger partial charge in [-0.25, -0.2) is 4.79 Å². The monoisotopic (exact) mass is 159 g/mol. The molecule has 0 aliphatic carbocycles.